The third-order valence-electron chi connectivity index (χ3n) is 4.74. The van der Waals surface area contributed by atoms with Gasteiger partial charge in [0.05, 0.1) is 18.8 Å². The fourth-order valence-corrected chi connectivity index (χ4v) is 3.54. The van der Waals surface area contributed by atoms with Crippen molar-refractivity contribution in [3.05, 3.63) is 29.1 Å². The number of hydrogen-bond acceptors (Lipinski definition) is 4. The molecule has 0 aromatic heterocycles. The summed E-state index contributed by atoms with van der Waals surface area (Å²) >= 11 is 0. The van der Waals surface area contributed by atoms with Crippen LogP contribution in [0.1, 0.15) is 57.6 Å². The third kappa shape index (κ3) is 6.63. The average molecular weight is 396 g/mol. The third-order valence-corrected chi connectivity index (χ3v) is 4.74. The number of guanidine groups is 1. The molecule has 1 aromatic carbocycles. The van der Waals surface area contributed by atoms with E-state index in [9.17, 15) is 9.50 Å². The second-order valence-corrected chi connectivity index (χ2v) is 7.26. The summed E-state index contributed by atoms with van der Waals surface area (Å²) in [6.07, 6.45) is 3.91. The Morgan fingerprint density at radius 1 is 1.21 bits per heavy atom. The van der Waals surface area contributed by atoms with Gasteiger partial charge in [-0.3, -0.25) is 4.99 Å². The molecule has 1 aromatic rings. The van der Waals surface area contributed by atoms with E-state index < -0.39 is 5.60 Å². The topological polar surface area (TPSA) is 75.1 Å². The van der Waals surface area contributed by atoms with Gasteiger partial charge in [-0.15, -0.1) is 0 Å². The second kappa shape index (κ2) is 11.2. The molecule has 0 unspecified atom stereocenters. The highest BCUT2D eigenvalue weighted by Gasteiger charge is 2.24. The van der Waals surface area contributed by atoms with Crippen molar-refractivity contribution in [2.45, 2.75) is 65.1 Å². The number of ether oxygens (including phenoxy) is 2. The first-order valence-corrected chi connectivity index (χ1v) is 10.3. The molecule has 2 rings (SSSR count). The summed E-state index contributed by atoms with van der Waals surface area (Å²) in [5.74, 6) is 1.09. The second-order valence-electron chi connectivity index (χ2n) is 7.26. The molecule has 28 heavy (non-hydrogen) atoms. The van der Waals surface area contributed by atoms with E-state index in [1.807, 2.05) is 6.92 Å². The summed E-state index contributed by atoms with van der Waals surface area (Å²) in [5.41, 5.74) is 0.794. The molecule has 0 fully saturated rings. The standard InChI is InChI=1S/C21H34FN3O3/c1-4-8-21(26,9-5-2)14-25-20(23-6-3)24-10-7-16-11-18(22)12-17-13-27-15-28-19(16)17/h11-12,26H,4-10,13-15H2,1-3H3,(H2,23,24,25). The Kier molecular flexibility index (Phi) is 8.99. The van der Waals surface area contributed by atoms with E-state index in [2.05, 4.69) is 29.5 Å². The molecular weight excluding hydrogens is 361 g/mol. The molecule has 0 saturated carbocycles. The van der Waals surface area contributed by atoms with Gasteiger partial charge < -0.3 is 25.2 Å². The molecule has 1 aliphatic rings. The smallest absolute Gasteiger partial charge is 0.191 e. The highest BCUT2D eigenvalue weighted by Crippen LogP contribution is 2.29. The number of nitrogens with one attached hydrogen (secondary N) is 2. The van der Waals surface area contributed by atoms with Gasteiger partial charge in [-0.1, -0.05) is 26.7 Å². The summed E-state index contributed by atoms with van der Waals surface area (Å²) in [6.45, 7) is 8.36. The molecule has 0 radical (unpaired) electrons. The lowest BCUT2D eigenvalue weighted by Crippen LogP contribution is -2.41. The van der Waals surface area contributed by atoms with Crippen LogP contribution < -0.4 is 15.4 Å². The van der Waals surface area contributed by atoms with E-state index >= 15 is 0 Å². The highest BCUT2D eigenvalue weighted by atomic mass is 19.1. The minimum absolute atomic E-state index is 0.191. The summed E-state index contributed by atoms with van der Waals surface area (Å²) in [4.78, 5) is 4.58. The predicted octanol–water partition coefficient (Wildman–Crippen LogP) is 3.12. The van der Waals surface area contributed by atoms with Crippen LogP contribution in [0, 0.1) is 5.82 Å². The van der Waals surface area contributed by atoms with Crippen molar-refractivity contribution in [1.82, 2.24) is 10.6 Å². The summed E-state index contributed by atoms with van der Waals surface area (Å²) in [7, 11) is 0. The molecule has 0 amide bonds. The largest absolute Gasteiger partial charge is 0.467 e. The fourth-order valence-electron chi connectivity index (χ4n) is 3.54. The quantitative estimate of drug-likeness (QED) is 0.419. The van der Waals surface area contributed by atoms with E-state index in [4.69, 9.17) is 9.47 Å². The van der Waals surface area contributed by atoms with Crippen LogP contribution in [0.4, 0.5) is 4.39 Å². The first kappa shape index (κ1) is 22.4. The van der Waals surface area contributed by atoms with Crippen LogP contribution in [0.3, 0.4) is 0 Å². The van der Waals surface area contributed by atoms with Crippen LogP contribution in [0.2, 0.25) is 0 Å². The Hall–Kier alpha value is -1.86. The van der Waals surface area contributed by atoms with Gasteiger partial charge in [0.1, 0.15) is 11.6 Å². The molecule has 0 aliphatic carbocycles. The van der Waals surface area contributed by atoms with E-state index in [1.54, 1.807) is 0 Å². The first-order chi connectivity index (χ1) is 13.5. The maximum atomic E-state index is 13.9. The molecule has 0 atom stereocenters. The Balaban J connectivity index is 1.99. The average Bonchev–Trinajstić information content (AvgIpc) is 2.66. The van der Waals surface area contributed by atoms with Crippen molar-refractivity contribution in [1.29, 1.82) is 0 Å². The van der Waals surface area contributed by atoms with Gasteiger partial charge >= 0.3 is 0 Å². The van der Waals surface area contributed by atoms with Crippen LogP contribution in [0.5, 0.6) is 5.75 Å². The molecule has 0 spiro atoms. The lowest BCUT2D eigenvalue weighted by atomic mass is 9.93. The van der Waals surface area contributed by atoms with E-state index in [0.717, 1.165) is 49.1 Å². The van der Waals surface area contributed by atoms with Crippen LogP contribution in [0.15, 0.2) is 17.1 Å². The summed E-state index contributed by atoms with van der Waals surface area (Å²) < 4.78 is 24.7. The summed E-state index contributed by atoms with van der Waals surface area (Å²) in [6, 6.07) is 2.97. The van der Waals surface area contributed by atoms with Crippen molar-refractivity contribution < 1.29 is 19.0 Å². The number of benzene rings is 1. The molecule has 3 N–H and O–H groups in total. The number of aliphatic imine (C=N–C) groups is 1. The van der Waals surface area contributed by atoms with Gasteiger partial charge in [-0.2, -0.15) is 0 Å². The highest BCUT2D eigenvalue weighted by molar-refractivity contribution is 5.79. The van der Waals surface area contributed by atoms with Gasteiger partial charge in [0.15, 0.2) is 12.8 Å². The van der Waals surface area contributed by atoms with Crippen molar-refractivity contribution in [2.75, 3.05) is 26.4 Å². The van der Waals surface area contributed by atoms with E-state index in [0.29, 0.717) is 32.1 Å². The zero-order valence-electron chi connectivity index (χ0n) is 17.3. The Labute approximate surface area is 167 Å². The van der Waals surface area contributed by atoms with E-state index in [1.165, 1.54) is 12.1 Å². The zero-order chi connectivity index (χ0) is 20.4. The van der Waals surface area contributed by atoms with Crippen molar-refractivity contribution in [3.63, 3.8) is 0 Å². The van der Waals surface area contributed by atoms with Gasteiger partial charge in [-0.05, 0) is 43.9 Å². The maximum Gasteiger partial charge on any atom is 0.191 e. The number of nitrogens with zero attached hydrogens (tertiary/aromatic N) is 1. The monoisotopic (exact) mass is 395 g/mol. The molecule has 1 heterocycles. The molecule has 1 aliphatic heterocycles. The van der Waals surface area contributed by atoms with Crippen LogP contribution in [-0.4, -0.2) is 43.1 Å². The molecule has 0 saturated heterocycles. The SMILES string of the molecule is CCCC(O)(CCC)CN=C(NCC)NCCc1cc(F)cc2c1OCOC2. The minimum atomic E-state index is -0.763. The molecule has 0 bridgehead atoms. The number of rotatable bonds is 10. The maximum absolute atomic E-state index is 13.9. The van der Waals surface area contributed by atoms with Gasteiger partial charge in [-0.25, -0.2) is 4.39 Å². The van der Waals surface area contributed by atoms with Crippen LogP contribution >= 0.6 is 0 Å². The normalized spacial score (nSPS) is 14.4. The number of fused-ring (bicyclic) bond motifs is 1. The van der Waals surface area contributed by atoms with Crippen molar-refractivity contribution >= 4 is 5.96 Å². The minimum Gasteiger partial charge on any atom is -0.467 e. The van der Waals surface area contributed by atoms with Gasteiger partial charge in [0.2, 0.25) is 0 Å². The Bertz CT molecular complexity index is 646. The van der Waals surface area contributed by atoms with E-state index in [-0.39, 0.29) is 12.6 Å². The van der Waals surface area contributed by atoms with Gasteiger partial charge in [0.25, 0.3) is 0 Å². The predicted molar refractivity (Wildman–Crippen MR) is 109 cm³/mol. The molecule has 158 valence electrons. The number of aliphatic hydroxyl groups is 1. The molecular formula is C21H34FN3O3. The lowest BCUT2D eigenvalue weighted by Gasteiger charge is -2.26. The molecule has 7 heteroatoms. The first-order valence-electron chi connectivity index (χ1n) is 10.3. The Morgan fingerprint density at radius 3 is 2.64 bits per heavy atom. The Morgan fingerprint density at radius 2 is 1.96 bits per heavy atom. The van der Waals surface area contributed by atoms with Crippen LogP contribution in [0.25, 0.3) is 0 Å². The van der Waals surface area contributed by atoms with Crippen molar-refractivity contribution in [2.24, 2.45) is 4.99 Å². The van der Waals surface area contributed by atoms with Crippen molar-refractivity contribution in [3.8, 4) is 5.75 Å². The number of halogens is 1. The molecule has 6 nitrogen and oxygen atoms in total. The van der Waals surface area contributed by atoms with Gasteiger partial charge in [0, 0.05) is 18.7 Å². The fraction of sp³-hybridized carbons (Fsp3) is 0.667. The lowest BCUT2D eigenvalue weighted by molar-refractivity contribution is -0.0172. The zero-order valence-corrected chi connectivity index (χ0v) is 17.3. The number of hydrogen-bond donors (Lipinski definition) is 3. The summed E-state index contributed by atoms with van der Waals surface area (Å²) in [5, 5.41) is 17.2. The van der Waals surface area contributed by atoms with Crippen LogP contribution in [-0.2, 0) is 17.8 Å².